The number of aliphatic hydroxyl groups excluding tert-OH is 1. The zero-order valence-electron chi connectivity index (χ0n) is 11.5. The van der Waals surface area contributed by atoms with Crippen LogP contribution in [0.4, 0.5) is 0 Å². The molecule has 2 heteroatoms. The van der Waals surface area contributed by atoms with E-state index in [1.165, 1.54) is 5.57 Å². The molecule has 3 rings (SSSR count). The summed E-state index contributed by atoms with van der Waals surface area (Å²) in [4.78, 5) is 0. The predicted molar refractivity (Wildman–Crippen MR) is 75.8 cm³/mol. The Morgan fingerprint density at radius 2 is 2.21 bits per heavy atom. The van der Waals surface area contributed by atoms with Gasteiger partial charge in [-0.15, -0.1) is 0 Å². The fraction of sp³-hybridized carbons (Fsp3) is 0.529. The third-order valence-electron chi connectivity index (χ3n) is 4.74. The van der Waals surface area contributed by atoms with Crippen molar-refractivity contribution < 1.29 is 9.84 Å². The Morgan fingerprint density at radius 3 is 2.89 bits per heavy atom. The van der Waals surface area contributed by atoms with Gasteiger partial charge in [-0.2, -0.15) is 0 Å². The first-order valence-corrected chi connectivity index (χ1v) is 7.17. The van der Waals surface area contributed by atoms with Gasteiger partial charge in [0.2, 0.25) is 0 Å². The van der Waals surface area contributed by atoms with Crippen LogP contribution in [0.25, 0.3) is 0 Å². The molecule has 0 radical (unpaired) electrons. The van der Waals surface area contributed by atoms with Crippen LogP contribution in [-0.2, 0) is 4.74 Å². The van der Waals surface area contributed by atoms with Gasteiger partial charge < -0.3 is 9.84 Å². The van der Waals surface area contributed by atoms with Crippen molar-refractivity contribution in [2.75, 3.05) is 0 Å². The Morgan fingerprint density at radius 1 is 1.47 bits per heavy atom. The molecule has 0 bridgehead atoms. The highest BCUT2D eigenvalue weighted by molar-refractivity contribution is 5.20. The van der Waals surface area contributed by atoms with Gasteiger partial charge in [0.25, 0.3) is 0 Å². The first-order valence-electron chi connectivity index (χ1n) is 7.17. The van der Waals surface area contributed by atoms with E-state index in [0.717, 1.165) is 24.8 Å². The van der Waals surface area contributed by atoms with Gasteiger partial charge >= 0.3 is 0 Å². The molecule has 0 amide bonds. The average molecular weight is 258 g/mol. The first-order chi connectivity index (χ1) is 9.08. The number of rotatable bonds is 4. The van der Waals surface area contributed by atoms with Gasteiger partial charge in [-0.3, -0.25) is 0 Å². The van der Waals surface area contributed by atoms with Gasteiger partial charge in [-0.25, -0.2) is 0 Å². The summed E-state index contributed by atoms with van der Waals surface area (Å²) in [6.45, 7) is 6.41. The molecule has 4 unspecified atom stereocenters. The number of ether oxygens (including phenoxy) is 1. The molecule has 1 saturated carbocycles. The molecule has 1 aromatic rings. The minimum absolute atomic E-state index is 0.162. The van der Waals surface area contributed by atoms with Crippen LogP contribution < -0.4 is 0 Å². The van der Waals surface area contributed by atoms with Crippen LogP contribution in [0, 0.1) is 5.92 Å². The van der Waals surface area contributed by atoms with Crippen molar-refractivity contribution in [2.45, 2.75) is 50.4 Å². The quantitative estimate of drug-likeness (QED) is 0.661. The molecule has 1 aliphatic heterocycles. The number of epoxide rings is 1. The van der Waals surface area contributed by atoms with Crippen LogP contribution in [0.5, 0.6) is 0 Å². The van der Waals surface area contributed by atoms with Gasteiger partial charge in [0.1, 0.15) is 0 Å². The molecule has 102 valence electrons. The Hall–Kier alpha value is -1.12. The molecule has 0 aromatic heterocycles. The summed E-state index contributed by atoms with van der Waals surface area (Å²) in [5.74, 6) is 0.513. The molecule has 1 aliphatic carbocycles. The average Bonchev–Trinajstić information content (AvgIpc) is 3.10. The van der Waals surface area contributed by atoms with Crippen LogP contribution >= 0.6 is 0 Å². The van der Waals surface area contributed by atoms with Crippen molar-refractivity contribution in [1.29, 1.82) is 0 Å². The molecule has 2 fully saturated rings. The van der Waals surface area contributed by atoms with Gasteiger partial charge in [-0.1, -0.05) is 42.5 Å². The maximum Gasteiger partial charge on any atom is 0.0920 e. The van der Waals surface area contributed by atoms with E-state index < -0.39 is 6.10 Å². The second-order valence-corrected chi connectivity index (χ2v) is 6.18. The number of fused-ring (bicyclic) bond motifs is 1. The van der Waals surface area contributed by atoms with Crippen LogP contribution in [0.2, 0.25) is 0 Å². The number of aliphatic hydroxyl groups is 1. The van der Waals surface area contributed by atoms with E-state index in [1.807, 2.05) is 30.3 Å². The highest BCUT2D eigenvalue weighted by Gasteiger charge is 2.55. The van der Waals surface area contributed by atoms with Gasteiger partial charge in [0.05, 0.1) is 17.8 Å². The van der Waals surface area contributed by atoms with Crippen LogP contribution in [0.3, 0.4) is 0 Å². The summed E-state index contributed by atoms with van der Waals surface area (Å²) in [7, 11) is 0. The Bertz CT molecular complexity index is 467. The van der Waals surface area contributed by atoms with Crippen LogP contribution in [0.15, 0.2) is 42.5 Å². The highest BCUT2D eigenvalue weighted by Crippen LogP contribution is 2.51. The third-order valence-corrected chi connectivity index (χ3v) is 4.74. The van der Waals surface area contributed by atoms with Crippen molar-refractivity contribution >= 4 is 0 Å². The van der Waals surface area contributed by atoms with E-state index in [4.69, 9.17) is 4.74 Å². The number of hydrogen-bond donors (Lipinski definition) is 1. The molecule has 1 N–H and O–H groups in total. The Balaban J connectivity index is 1.57. The van der Waals surface area contributed by atoms with E-state index in [0.29, 0.717) is 18.4 Å². The van der Waals surface area contributed by atoms with Gasteiger partial charge in [0.15, 0.2) is 0 Å². The largest absolute Gasteiger partial charge is 0.388 e. The van der Waals surface area contributed by atoms with Crippen molar-refractivity contribution in [3.63, 3.8) is 0 Å². The molecule has 1 aromatic carbocycles. The lowest BCUT2D eigenvalue weighted by Crippen LogP contribution is -2.22. The predicted octanol–water partition coefficient (Wildman–Crippen LogP) is 3.62. The van der Waals surface area contributed by atoms with E-state index in [2.05, 4.69) is 13.5 Å². The molecule has 1 heterocycles. The molecule has 2 aliphatic rings. The lowest BCUT2D eigenvalue weighted by molar-refractivity contribution is 0.172. The van der Waals surface area contributed by atoms with Crippen molar-refractivity contribution in [3.05, 3.63) is 48.0 Å². The van der Waals surface area contributed by atoms with Crippen molar-refractivity contribution in [2.24, 2.45) is 5.92 Å². The second-order valence-electron chi connectivity index (χ2n) is 6.18. The smallest absolute Gasteiger partial charge is 0.0920 e. The topological polar surface area (TPSA) is 32.8 Å². The van der Waals surface area contributed by atoms with Gasteiger partial charge in [-0.05, 0) is 44.1 Å². The standard InChI is InChI=1S/C17H22O2/c1-12(10-15(18)13-6-4-3-5-7-13)14-8-9-17(2)16(11-14)19-17/h3-7,14-16,18H,1,8-11H2,2H3. The monoisotopic (exact) mass is 258 g/mol. The summed E-state index contributed by atoms with van der Waals surface area (Å²) in [5, 5.41) is 10.3. The van der Waals surface area contributed by atoms with E-state index in [9.17, 15) is 5.11 Å². The molecule has 1 saturated heterocycles. The first kappa shape index (κ1) is 12.9. The molecule has 19 heavy (non-hydrogen) atoms. The number of benzene rings is 1. The summed E-state index contributed by atoms with van der Waals surface area (Å²) in [5.41, 5.74) is 2.32. The Labute approximate surface area is 115 Å². The molecule has 2 nitrogen and oxygen atoms in total. The van der Waals surface area contributed by atoms with Crippen molar-refractivity contribution in [1.82, 2.24) is 0 Å². The lowest BCUT2D eigenvalue weighted by Gasteiger charge is -2.25. The SMILES string of the molecule is C=C(CC(O)c1ccccc1)C1CCC2(C)OC2C1. The minimum atomic E-state index is -0.429. The van der Waals surface area contributed by atoms with E-state index in [1.54, 1.807) is 0 Å². The maximum atomic E-state index is 10.3. The molecule has 4 atom stereocenters. The molecule has 0 spiro atoms. The maximum absolute atomic E-state index is 10.3. The zero-order chi connectivity index (χ0) is 13.5. The molecular weight excluding hydrogens is 236 g/mol. The third kappa shape index (κ3) is 2.60. The van der Waals surface area contributed by atoms with E-state index >= 15 is 0 Å². The highest BCUT2D eigenvalue weighted by atomic mass is 16.6. The summed E-state index contributed by atoms with van der Waals surface area (Å²) in [6, 6.07) is 9.84. The van der Waals surface area contributed by atoms with E-state index in [-0.39, 0.29) is 5.60 Å². The van der Waals surface area contributed by atoms with Gasteiger partial charge in [0, 0.05) is 0 Å². The Kier molecular flexibility index (Phi) is 3.23. The fourth-order valence-electron chi connectivity index (χ4n) is 3.22. The minimum Gasteiger partial charge on any atom is -0.388 e. The van der Waals surface area contributed by atoms with Crippen LogP contribution in [-0.4, -0.2) is 16.8 Å². The normalized spacial score (nSPS) is 34.4. The summed E-state index contributed by atoms with van der Waals surface area (Å²) in [6.07, 6.45) is 4.02. The fourth-order valence-corrected chi connectivity index (χ4v) is 3.22. The second kappa shape index (κ2) is 4.77. The summed E-state index contributed by atoms with van der Waals surface area (Å²) >= 11 is 0. The van der Waals surface area contributed by atoms with Crippen molar-refractivity contribution in [3.8, 4) is 0 Å². The lowest BCUT2D eigenvalue weighted by atomic mass is 9.78. The zero-order valence-corrected chi connectivity index (χ0v) is 11.5. The molecular formula is C17H22O2. The summed E-state index contributed by atoms with van der Waals surface area (Å²) < 4.78 is 5.73. The number of hydrogen-bond acceptors (Lipinski definition) is 2. The van der Waals surface area contributed by atoms with Crippen LogP contribution in [0.1, 0.15) is 44.3 Å².